The number of anilines is 1. The van der Waals surface area contributed by atoms with Crippen LogP contribution >= 0.6 is 15.9 Å². The van der Waals surface area contributed by atoms with Gasteiger partial charge in [-0.15, -0.1) is 0 Å². The summed E-state index contributed by atoms with van der Waals surface area (Å²) in [4.78, 5) is 11.3. The Labute approximate surface area is 91.4 Å². The van der Waals surface area contributed by atoms with Crippen LogP contribution in [0.4, 0.5) is 5.69 Å². The molecule has 74 valence electrons. The standard InChI is InChI=1S/C10H11BrN2O/c1-12-10(14)6-7-13(12)9-4-2-8(11)3-5-9/h2-5H,6-7H2,1H3. The number of nitrogens with zero attached hydrogens (tertiary/aromatic N) is 2. The van der Waals surface area contributed by atoms with E-state index in [1.807, 2.05) is 29.3 Å². The summed E-state index contributed by atoms with van der Waals surface area (Å²) in [6.45, 7) is 0.775. The van der Waals surface area contributed by atoms with Gasteiger partial charge in [0.05, 0.1) is 5.69 Å². The zero-order chi connectivity index (χ0) is 10.1. The second kappa shape index (κ2) is 3.61. The normalized spacial score (nSPS) is 16.6. The first-order chi connectivity index (χ1) is 6.68. The van der Waals surface area contributed by atoms with E-state index in [0.717, 1.165) is 16.7 Å². The van der Waals surface area contributed by atoms with Crippen LogP contribution in [-0.2, 0) is 4.79 Å². The molecule has 1 heterocycles. The molecule has 1 aliphatic rings. The maximum absolute atomic E-state index is 11.3. The third-order valence-corrected chi connectivity index (χ3v) is 2.91. The van der Waals surface area contributed by atoms with Crippen LogP contribution in [0.3, 0.4) is 0 Å². The summed E-state index contributed by atoms with van der Waals surface area (Å²) in [6, 6.07) is 7.95. The van der Waals surface area contributed by atoms with E-state index < -0.39 is 0 Å². The number of hydrazine groups is 1. The largest absolute Gasteiger partial charge is 0.283 e. The molecule has 1 aromatic carbocycles. The van der Waals surface area contributed by atoms with Crippen molar-refractivity contribution >= 4 is 27.5 Å². The molecule has 0 saturated carbocycles. The first-order valence-corrected chi connectivity index (χ1v) is 5.27. The smallest absolute Gasteiger partial charge is 0.242 e. The maximum atomic E-state index is 11.3. The van der Waals surface area contributed by atoms with E-state index in [2.05, 4.69) is 15.9 Å². The highest BCUT2D eigenvalue weighted by molar-refractivity contribution is 9.10. The van der Waals surface area contributed by atoms with Gasteiger partial charge in [-0.05, 0) is 24.3 Å². The summed E-state index contributed by atoms with van der Waals surface area (Å²) in [5.41, 5.74) is 1.06. The van der Waals surface area contributed by atoms with E-state index in [9.17, 15) is 4.79 Å². The van der Waals surface area contributed by atoms with E-state index >= 15 is 0 Å². The topological polar surface area (TPSA) is 23.6 Å². The van der Waals surface area contributed by atoms with Crippen molar-refractivity contribution in [3.05, 3.63) is 28.7 Å². The summed E-state index contributed by atoms with van der Waals surface area (Å²) in [5, 5.41) is 3.65. The van der Waals surface area contributed by atoms with Crippen molar-refractivity contribution in [2.45, 2.75) is 6.42 Å². The number of hydrogen-bond acceptors (Lipinski definition) is 2. The minimum absolute atomic E-state index is 0.174. The van der Waals surface area contributed by atoms with Gasteiger partial charge in [-0.3, -0.25) is 14.8 Å². The van der Waals surface area contributed by atoms with Gasteiger partial charge in [-0.1, -0.05) is 15.9 Å². The van der Waals surface area contributed by atoms with E-state index in [0.29, 0.717) is 6.42 Å². The van der Waals surface area contributed by atoms with Gasteiger partial charge in [0.25, 0.3) is 0 Å². The molecule has 1 fully saturated rings. The molecule has 4 heteroatoms. The number of benzene rings is 1. The fourth-order valence-electron chi connectivity index (χ4n) is 1.56. The summed E-state index contributed by atoms with van der Waals surface area (Å²) in [5.74, 6) is 0.174. The van der Waals surface area contributed by atoms with Crippen LogP contribution in [-0.4, -0.2) is 24.5 Å². The molecule has 2 rings (SSSR count). The Kier molecular flexibility index (Phi) is 2.46. The molecule has 0 bridgehead atoms. The average Bonchev–Trinajstić information content (AvgIpc) is 2.50. The van der Waals surface area contributed by atoms with Gasteiger partial charge in [0.1, 0.15) is 0 Å². The summed E-state index contributed by atoms with van der Waals surface area (Å²) < 4.78 is 1.05. The fraction of sp³-hybridized carbons (Fsp3) is 0.300. The molecule has 0 spiro atoms. The van der Waals surface area contributed by atoms with Gasteiger partial charge in [-0.25, -0.2) is 0 Å². The van der Waals surface area contributed by atoms with Crippen molar-refractivity contribution in [1.82, 2.24) is 5.01 Å². The molecule has 14 heavy (non-hydrogen) atoms. The van der Waals surface area contributed by atoms with Crippen molar-refractivity contribution in [2.75, 3.05) is 18.6 Å². The second-order valence-corrected chi connectivity index (χ2v) is 4.18. The van der Waals surface area contributed by atoms with Gasteiger partial charge < -0.3 is 0 Å². The minimum Gasteiger partial charge on any atom is -0.283 e. The molecular formula is C10H11BrN2O. The Morgan fingerprint density at radius 2 is 1.93 bits per heavy atom. The highest BCUT2D eigenvalue weighted by Gasteiger charge is 2.25. The number of halogens is 1. The quantitative estimate of drug-likeness (QED) is 0.766. The highest BCUT2D eigenvalue weighted by atomic mass is 79.9. The molecule has 0 aliphatic carbocycles. The maximum Gasteiger partial charge on any atom is 0.242 e. The first-order valence-electron chi connectivity index (χ1n) is 4.48. The Bertz CT molecular complexity index is 350. The average molecular weight is 255 g/mol. The van der Waals surface area contributed by atoms with Crippen LogP contribution < -0.4 is 5.01 Å². The zero-order valence-corrected chi connectivity index (χ0v) is 9.49. The lowest BCUT2D eigenvalue weighted by Crippen LogP contribution is -2.35. The highest BCUT2D eigenvalue weighted by Crippen LogP contribution is 2.22. The van der Waals surface area contributed by atoms with Crippen LogP contribution in [0.5, 0.6) is 0 Å². The molecule has 1 saturated heterocycles. The van der Waals surface area contributed by atoms with Crippen molar-refractivity contribution in [3.8, 4) is 0 Å². The summed E-state index contributed by atoms with van der Waals surface area (Å²) in [6.07, 6.45) is 0.604. The predicted molar refractivity (Wildman–Crippen MR) is 58.9 cm³/mol. The van der Waals surface area contributed by atoms with Gasteiger partial charge in [-0.2, -0.15) is 0 Å². The Morgan fingerprint density at radius 3 is 2.43 bits per heavy atom. The van der Waals surface area contributed by atoms with Gasteiger partial charge in [0, 0.05) is 24.5 Å². The Morgan fingerprint density at radius 1 is 1.29 bits per heavy atom. The van der Waals surface area contributed by atoms with Crippen molar-refractivity contribution in [1.29, 1.82) is 0 Å². The monoisotopic (exact) mass is 254 g/mol. The number of rotatable bonds is 1. The number of amides is 1. The van der Waals surface area contributed by atoms with Crippen molar-refractivity contribution in [3.63, 3.8) is 0 Å². The lowest BCUT2D eigenvalue weighted by atomic mass is 10.3. The number of carbonyl (C=O) groups is 1. The van der Waals surface area contributed by atoms with Crippen LogP contribution in [0.1, 0.15) is 6.42 Å². The molecule has 0 aromatic heterocycles. The van der Waals surface area contributed by atoms with Crippen molar-refractivity contribution < 1.29 is 4.79 Å². The molecule has 1 aliphatic heterocycles. The zero-order valence-electron chi connectivity index (χ0n) is 7.90. The molecule has 1 amide bonds. The number of carbonyl (C=O) groups excluding carboxylic acids is 1. The number of hydrogen-bond donors (Lipinski definition) is 0. The Hall–Kier alpha value is -1.03. The molecule has 3 nitrogen and oxygen atoms in total. The summed E-state index contributed by atoms with van der Waals surface area (Å²) in [7, 11) is 1.80. The Balaban J connectivity index is 2.23. The first kappa shape index (κ1) is 9.52. The SMILES string of the molecule is CN1C(=O)CCN1c1ccc(Br)cc1. The summed E-state index contributed by atoms with van der Waals surface area (Å²) >= 11 is 3.38. The third-order valence-electron chi connectivity index (χ3n) is 2.39. The van der Waals surface area contributed by atoms with Gasteiger partial charge in [0.15, 0.2) is 0 Å². The van der Waals surface area contributed by atoms with Gasteiger partial charge >= 0.3 is 0 Å². The van der Waals surface area contributed by atoms with E-state index in [-0.39, 0.29) is 5.91 Å². The lowest BCUT2D eigenvalue weighted by Gasteiger charge is -2.25. The molecular weight excluding hydrogens is 244 g/mol. The van der Waals surface area contributed by atoms with Crippen LogP contribution in [0.25, 0.3) is 0 Å². The third kappa shape index (κ3) is 1.62. The van der Waals surface area contributed by atoms with Gasteiger partial charge in [0.2, 0.25) is 5.91 Å². The predicted octanol–water partition coefficient (Wildman–Crippen LogP) is 2.03. The molecule has 0 unspecified atom stereocenters. The molecule has 0 radical (unpaired) electrons. The van der Waals surface area contributed by atoms with E-state index in [4.69, 9.17) is 0 Å². The lowest BCUT2D eigenvalue weighted by molar-refractivity contribution is -0.126. The van der Waals surface area contributed by atoms with Crippen LogP contribution in [0.15, 0.2) is 28.7 Å². The molecule has 0 N–H and O–H groups in total. The van der Waals surface area contributed by atoms with E-state index in [1.165, 1.54) is 0 Å². The van der Waals surface area contributed by atoms with Crippen LogP contribution in [0.2, 0.25) is 0 Å². The molecule has 0 atom stereocenters. The van der Waals surface area contributed by atoms with Crippen LogP contribution in [0, 0.1) is 0 Å². The van der Waals surface area contributed by atoms with Crippen molar-refractivity contribution in [2.24, 2.45) is 0 Å². The molecule has 1 aromatic rings. The second-order valence-electron chi connectivity index (χ2n) is 3.27. The van der Waals surface area contributed by atoms with E-state index in [1.54, 1.807) is 12.1 Å². The fourth-order valence-corrected chi connectivity index (χ4v) is 1.83. The minimum atomic E-state index is 0.174.